The highest BCUT2D eigenvalue weighted by Crippen LogP contribution is 2.40. The molecule has 0 aliphatic heterocycles. The molecule has 1 aromatic carbocycles. The van der Waals surface area contributed by atoms with Gasteiger partial charge in [-0.25, -0.2) is 4.98 Å². The van der Waals surface area contributed by atoms with Crippen molar-refractivity contribution in [3.63, 3.8) is 0 Å². The lowest BCUT2D eigenvalue weighted by atomic mass is 9.80. The van der Waals surface area contributed by atoms with Crippen molar-refractivity contribution >= 4 is 11.6 Å². The number of aromatic nitrogens is 5. The van der Waals surface area contributed by atoms with E-state index in [4.69, 9.17) is 0 Å². The fraction of sp³-hybridized carbons (Fsp3) is 0.217. The second-order valence-electron chi connectivity index (χ2n) is 7.91. The quantitative estimate of drug-likeness (QED) is 0.429. The summed E-state index contributed by atoms with van der Waals surface area (Å²) < 4.78 is 22.0. The minimum atomic E-state index is -0.865. The molecular weight excluding hydrogens is 457 g/mol. The Bertz CT molecular complexity index is 1500. The number of nitriles is 1. The van der Waals surface area contributed by atoms with Crippen LogP contribution in [0.25, 0.3) is 0 Å². The van der Waals surface area contributed by atoms with Crippen molar-refractivity contribution in [3.8, 4) is 11.8 Å². The van der Waals surface area contributed by atoms with Crippen molar-refractivity contribution in [1.82, 2.24) is 24.5 Å². The lowest BCUT2D eigenvalue weighted by Gasteiger charge is -2.26. The van der Waals surface area contributed by atoms with Crippen LogP contribution in [0.15, 0.2) is 52.2 Å². The summed E-state index contributed by atoms with van der Waals surface area (Å²) in [6.45, 7) is 1.69. The normalized spacial score (nSPS) is 12.7. The molecule has 0 bridgehead atoms. The Morgan fingerprint density at radius 1 is 1.29 bits per heavy atom. The zero-order valence-electron chi connectivity index (χ0n) is 18.9. The molecule has 1 amide bonds. The molecule has 3 heterocycles. The third kappa shape index (κ3) is 4.26. The Morgan fingerprint density at radius 3 is 2.66 bits per heavy atom. The molecule has 35 heavy (non-hydrogen) atoms. The van der Waals surface area contributed by atoms with Crippen LogP contribution < -0.4 is 10.9 Å². The van der Waals surface area contributed by atoms with Crippen LogP contribution in [0, 0.1) is 17.3 Å². The van der Waals surface area contributed by atoms with E-state index in [2.05, 4.69) is 31.1 Å². The molecule has 0 fully saturated rings. The van der Waals surface area contributed by atoms with Gasteiger partial charge in [0.1, 0.15) is 17.8 Å². The Hall–Kier alpha value is -4.79. The number of benzene rings is 1. The van der Waals surface area contributed by atoms with Gasteiger partial charge in [0.25, 0.3) is 11.5 Å². The van der Waals surface area contributed by atoms with Crippen molar-refractivity contribution < 1.29 is 18.8 Å². The Morgan fingerprint density at radius 2 is 2.03 bits per heavy atom. The largest absolute Gasteiger partial charge is 0.501 e. The van der Waals surface area contributed by atoms with Crippen molar-refractivity contribution in [2.24, 2.45) is 14.1 Å². The smallest absolute Gasteiger partial charge is 0.296 e. The molecule has 0 radical (unpaired) electrons. The molecule has 178 valence electrons. The first kappa shape index (κ1) is 23.4. The summed E-state index contributed by atoms with van der Waals surface area (Å²) in [5.41, 5.74) is -0.203. The molecule has 0 unspecified atom stereocenters. The number of nitrogens with one attached hydrogen (secondary N) is 1. The second-order valence-corrected chi connectivity index (χ2v) is 7.91. The van der Waals surface area contributed by atoms with E-state index >= 15 is 0 Å². The van der Waals surface area contributed by atoms with Crippen molar-refractivity contribution in [3.05, 3.63) is 87.4 Å². The summed E-state index contributed by atoms with van der Waals surface area (Å²) in [6, 6.07) is 8.80. The van der Waals surface area contributed by atoms with Crippen LogP contribution in [-0.2, 0) is 14.1 Å². The van der Waals surface area contributed by atoms with Crippen LogP contribution in [0.3, 0.4) is 0 Å². The molecule has 0 aliphatic rings. The highest BCUT2D eigenvalue weighted by atomic mass is 19.1. The zero-order chi connectivity index (χ0) is 25.3. The molecule has 4 aromatic rings. The molecule has 0 saturated carbocycles. The summed E-state index contributed by atoms with van der Waals surface area (Å²) in [4.78, 5) is 29.9. The van der Waals surface area contributed by atoms with Gasteiger partial charge < -0.3 is 14.9 Å². The van der Waals surface area contributed by atoms with Crippen LogP contribution in [0.1, 0.15) is 51.8 Å². The maximum atomic E-state index is 14.9. The van der Waals surface area contributed by atoms with Crippen molar-refractivity contribution in [2.45, 2.75) is 18.8 Å². The number of halogens is 1. The summed E-state index contributed by atoms with van der Waals surface area (Å²) in [7, 11) is 2.95. The van der Waals surface area contributed by atoms with E-state index in [1.807, 2.05) is 0 Å². The number of hydrogen-bond donors (Lipinski definition) is 2. The van der Waals surface area contributed by atoms with Crippen LogP contribution >= 0.6 is 0 Å². The number of nitrogens with zero attached hydrogens (tertiary/aromatic N) is 6. The second kappa shape index (κ2) is 9.22. The molecule has 3 aromatic heterocycles. The third-order valence-electron chi connectivity index (χ3n) is 5.68. The first-order valence-electron chi connectivity index (χ1n) is 10.4. The molecule has 0 aliphatic carbocycles. The molecule has 4 rings (SSSR count). The van der Waals surface area contributed by atoms with Gasteiger partial charge >= 0.3 is 0 Å². The molecule has 0 saturated heterocycles. The molecule has 0 spiro atoms. The lowest BCUT2D eigenvalue weighted by Crippen LogP contribution is -2.29. The number of aryl methyl sites for hydroxylation is 1. The topological polar surface area (TPSA) is 152 Å². The van der Waals surface area contributed by atoms with E-state index in [0.29, 0.717) is 11.1 Å². The average Bonchev–Trinajstić information content (AvgIpc) is 3.47. The molecule has 11 nitrogen and oxygen atoms in total. The van der Waals surface area contributed by atoms with E-state index in [0.717, 1.165) is 4.57 Å². The number of anilines is 1. The van der Waals surface area contributed by atoms with Gasteiger partial charge in [0.05, 0.1) is 17.8 Å². The standard InChI is InChI=1S/C23H20FN7O4/c1-12(17(16-10-30(2)29-20(16)24)15-7-5-4-6-13(15)8-25)21-28-18(19(32)23(34)31(21)3)22(33)27-14-9-26-35-11-14/h4-7,9-12,17,32H,1-3H3,(H,27,33)/t12-,17+/m0/s1. The lowest BCUT2D eigenvalue weighted by molar-refractivity contribution is 0.101. The van der Waals surface area contributed by atoms with E-state index in [1.54, 1.807) is 38.2 Å². The summed E-state index contributed by atoms with van der Waals surface area (Å²) in [6.07, 6.45) is 3.89. The first-order chi connectivity index (χ1) is 16.7. The zero-order valence-corrected chi connectivity index (χ0v) is 18.9. The van der Waals surface area contributed by atoms with Gasteiger partial charge in [-0.1, -0.05) is 30.3 Å². The monoisotopic (exact) mass is 477 g/mol. The van der Waals surface area contributed by atoms with Crippen LogP contribution in [0.4, 0.5) is 10.1 Å². The highest BCUT2D eigenvalue weighted by Gasteiger charge is 2.33. The van der Waals surface area contributed by atoms with Crippen molar-refractivity contribution in [2.75, 3.05) is 5.32 Å². The molecular formula is C23H20FN7O4. The first-order valence-corrected chi connectivity index (χ1v) is 10.4. The maximum absolute atomic E-state index is 14.9. The Balaban J connectivity index is 1.88. The van der Waals surface area contributed by atoms with Crippen LogP contribution in [-0.4, -0.2) is 35.5 Å². The van der Waals surface area contributed by atoms with Gasteiger partial charge in [-0.2, -0.15) is 9.65 Å². The number of aromatic hydroxyl groups is 1. The number of carbonyl (C=O) groups excluding carboxylic acids is 1. The molecule has 12 heteroatoms. The minimum Gasteiger partial charge on any atom is -0.501 e. The highest BCUT2D eigenvalue weighted by molar-refractivity contribution is 6.04. The number of carbonyl (C=O) groups is 1. The van der Waals surface area contributed by atoms with E-state index in [1.165, 1.54) is 30.4 Å². The molecule has 2 atom stereocenters. The Kier molecular flexibility index (Phi) is 6.16. The van der Waals surface area contributed by atoms with Crippen LogP contribution in [0.2, 0.25) is 0 Å². The van der Waals surface area contributed by atoms with Gasteiger partial charge in [0.15, 0.2) is 5.69 Å². The maximum Gasteiger partial charge on any atom is 0.296 e. The SMILES string of the molecule is C[C@H](c1nc(C(=O)Nc2cnoc2)c(O)c(=O)n1C)[C@H](c1ccccc1C#N)c1cn(C)nc1F. The number of amides is 1. The Labute approximate surface area is 198 Å². The summed E-state index contributed by atoms with van der Waals surface area (Å²) in [5.74, 6) is -3.90. The van der Waals surface area contributed by atoms with E-state index in [-0.39, 0.29) is 17.1 Å². The number of rotatable bonds is 6. The third-order valence-corrected chi connectivity index (χ3v) is 5.68. The fourth-order valence-electron chi connectivity index (χ4n) is 4.04. The van der Waals surface area contributed by atoms with E-state index in [9.17, 15) is 24.3 Å². The number of hydrogen-bond acceptors (Lipinski definition) is 8. The van der Waals surface area contributed by atoms with Gasteiger partial charge in [-0.15, -0.1) is 5.10 Å². The van der Waals surface area contributed by atoms with Gasteiger partial charge in [-0.3, -0.25) is 18.8 Å². The van der Waals surface area contributed by atoms with Crippen molar-refractivity contribution in [1.29, 1.82) is 5.26 Å². The average molecular weight is 477 g/mol. The molecule has 2 N–H and O–H groups in total. The van der Waals surface area contributed by atoms with Gasteiger partial charge in [-0.05, 0) is 11.6 Å². The van der Waals surface area contributed by atoms with Gasteiger partial charge in [0, 0.05) is 37.7 Å². The van der Waals surface area contributed by atoms with Crippen LogP contribution in [0.5, 0.6) is 5.75 Å². The summed E-state index contributed by atoms with van der Waals surface area (Å²) in [5, 5.41) is 29.8. The predicted octanol–water partition coefficient (Wildman–Crippen LogP) is 2.41. The fourth-order valence-corrected chi connectivity index (χ4v) is 4.04. The van der Waals surface area contributed by atoms with Gasteiger partial charge in [0.2, 0.25) is 11.7 Å². The predicted molar refractivity (Wildman–Crippen MR) is 120 cm³/mol. The van der Waals surface area contributed by atoms with E-state index < -0.39 is 40.7 Å². The summed E-state index contributed by atoms with van der Waals surface area (Å²) >= 11 is 0. The minimum absolute atomic E-state index is 0.0873.